The second kappa shape index (κ2) is 5.71. The first kappa shape index (κ1) is 13.2. The molecule has 0 saturated carbocycles. The zero-order valence-corrected chi connectivity index (χ0v) is 11.7. The van der Waals surface area contributed by atoms with Crippen molar-refractivity contribution in [1.29, 1.82) is 0 Å². The van der Waals surface area contributed by atoms with Crippen molar-refractivity contribution in [1.82, 2.24) is 4.57 Å². The van der Waals surface area contributed by atoms with E-state index in [0.29, 0.717) is 0 Å². The molecule has 0 aliphatic rings. The lowest BCUT2D eigenvalue weighted by Gasteiger charge is -2.07. The molecule has 106 valence electrons. The van der Waals surface area contributed by atoms with E-state index < -0.39 is 0 Å². The minimum Gasteiger partial charge on any atom is -0.497 e. The molecule has 1 aromatic heterocycles. The van der Waals surface area contributed by atoms with Crippen molar-refractivity contribution in [3.05, 3.63) is 60.8 Å². The molecule has 0 radical (unpaired) electrons. The monoisotopic (exact) mass is 280 g/mol. The van der Waals surface area contributed by atoms with Crippen LogP contribution in [0.5, 0.6) is 5.75 Å². The number of nitrogens with zero attached hydrogens (tertiary/aromatic N) is 1. The number of amides is 1. The van der Waals surface area contributed by atoms with Crippen LogP contribution in [0.1, 0.15) is 0 Å². The van der Waals surface area contributed by atoms with Gasteiger partial charge in [0.1, 0.15) is 12.3 Å². The molecule has 3 aromatic rings. The van der Waals surface area contributed by atoms with Crippen molar-refractivity contribution in [2.75, 3.05) is 12.4 Å². The maximum Gasteiger partial charge on any atom is 0.244 e. The SMILES string of the molecule is COc1ccc2c(ccn2CC(=O)Nc2ccccc2)c1. The number of carbonyl (C=O) groups is 1. The Hall–Kier alpha value is -2.75. The predicted molar refractivity (Wildman–Crippen MR) is 83.6 cm³/mol. The first-order chi connectivity index (χ1) is 10.3. The number of carbonyl (C=O) groups excluding carboxylic acids is 1. The van der Waals surface area contributed by atoms with Crippen LogP contribution in [-0.4, -0.2) is 17.6 Å². The topological polar surface area (TPSA) is 43.3 Å². The molecular weight excluding hydrogens is 264 g/mol. The van der Waals surface area contributed by atoms with Crippen molar-refractivity contribution < 1.29 is 9.53 Å². The minimum atomic E-state index is -0.0467. The largest absolute Gasteiger partial charge is 0.497 e. The van der Waals surface area contributed by atoms with E-state index in [-0.39, 0.29) is 12.5 Å². The smallest absolute Gasteiger partial charge is 0.244 e. The highest BCUT2D eigenvalue weighted by Crippen LogP contribution is 2.21. The molecule has 0 spiro atoms. The van der Waals surface area contributed by atoms with Crippen molar-refractivity contribution in [3.63, 3.8) is 0 Å². The zero-order chi connectivity index (χ0) is 14.7. The van der Waals surface area contributed by atoms with Crippen molar-refractivity contribution in [2.45, 2.75) is 6.54 Å². The molecule has 3 rings (SSSR count). The quantitative estimate of drug-likeness (QED) is 0.797. The van der Waals surface area contributed by atoms with Gasteiger partial charge in [-0.2, -0.15) is 0 Å². The number of benzene rings is 2. The summed E-state index contributed by atoms with van der Waals surface area (Å²) in [6.45, 7) is 0.282. The minimum absolute atomic E-state index is 0.0467. The lowest BCUT2D eigenvalue weighted by atomic mass is 10.2. The lowest BCUT2D eigenvalue weighted by Crippen LogP contribution is -2.18. The van der Waals surface area contributed by atoms with Gasteiger partial charge in [-0.15, -0.1) is 0 Å². The molecule has 0 aliphatic heterocycles. The van der Waals surface area contributed by atoms with Gasteiger partial charge in [-0.3, -0.25) is 4.79 Å². The Morgan fingerprint density at radius 2 is 1.95 bits per heavy atom. The van der Waals surface area contributed by atoms with Crippen LogP contribution < -0.4 is 10.1 Å². The average Bonchev–Trinajstić information content (AvgIpc) is 2.90. The van der Waals surface area contributed by atoms with E-state index in [1.807, 2.05) is 65.4 Å². The van der Waals surface area contributed by atoms with Crippen LogP contribution in [0, 0.1) is 0 Å². The molecule has 1 heterocycles. The van der Waals surface area contributed by atoms with Crippen LogP contribution in [0.25, 0.3) is 10.9 Å². The number of nitrogens with one attached hydrogen (secondary N) is 1. The van der Waals surface area contributed by atoms with Crippen molar-refractivity contribution in [3.8, 4) is 5.75 Å². The Bertz CT molecular complexity index is 763. The maximum absolute atomic E-state index is 12.1. The molecular formula is C17H16N2O2. The number of hydrogen-bond acceptors (Lipinski definition) is 2. The van der Waals surface area contributed by atoms with Crippen molar-refractivity contribution >= 4 is 22.5 Å². The van der Waals surface area contributed by atoms with E-state index in [1.165, 1.54) is 0 Å². The van der Waals surface area contributed by atoms with E-state index in [4.69, 9.17) is 4.74 Å². The van der Waals surface area contributed by atoms with E-state index in [0.717, 1.165) is 22.3 Å². The Labute approximate surface area is 123 Å². The lowest BCUT2D eigenvalue weighted by molar-refractivity contribution is -0.116. The maximum atomic E-state index is 12.1. The molecule has 0 unspecified atom stereocenters. The third kappa shape index (κ3) is 2.89. The number of para-hydroxylation sites is 1. The first-order valence-corrected chi connectivity index (χ1v) is 6.74. The number of rotatable bonds is 4. The van der Waals surface area contributed by atoms with Gasteiger partial charge in [0.15, 0.2) is 0 Å². The number of fused-ring (bicyclic) bond motifs is 1. The van der Waals surface area contributed by atoms with E-state index in [1.54, 1.807) is 7.11 Å². The fourth-order valence-corrected chi connectivity index (χ4v) is 2.32. The average molecular weight is 280 g/mol. The predicted octanol–water partition coefficient (Wildman–Crippen LogP) is 3.29. The fourth-order valence-electron chi connectivity index (χ4n) is 2.32. The highest BCUT2D eigenvalue weighted by molar-refractivity contribution is 5.92. The Morgan fingerprint density at radius 1 is 1.14 bits per heavy atom. The van der Waals surface area contributed by atoms with E-state index in [9.17, 15) is 4.79 Å². The normalized spacial score (nSPS) is 10.5. The molecule has 0 saturated heterocycles. The van der Waals surface area contributed by atoms with Gasteiger partial charge >= 0.3 is 0 Å². The van der Waals surface area contributed by atoms with Gasteiger partial charge in [0.05, 0.1) is 7.11 Å². The third-order valence-electron chi connectivity index (χ3n) is 3.35. The summed E-state index contributed by atoms with van der Waals surface area (Å²) in [6, 6.07) is 17.3. The summed E-state index contributed by atoms with van der Waals surface area (Å²) < 4.78 is 7.13. The summed E-state index contributed by atoms with van der Waals surface area (Å²) >= 11 is 0. The summed E-state index contributed by atoms with van der Waals surface area (Å²) in [4.78, 5) is 12.1. The molecule has 1 amide bonds. The zero-order valence-electron chi connectivity index (χ0n) is 11.7. The van der Waals surface area contributed by atoms with Crippen LogP contribution in [0.15, 0.2) is 60.8 Å². The van der Waals surface area contributed by atoms with Crippen LogP contribution in [0.4, 0.5) is 5.69 Å². The first-order valence-electron chi connectivity index (χ1n) is 6.74. The summed E-state index contributed by atoms with van der Waals surface area (Å²) in [7, 11) is 1.64. The fraction of sp³-hybridized carbons (Fsp3) is 0.118. The highest BCUT2D eigenvalue weighted by atomic mass is 16.5. The Morgan fingerprint density at radius 3 is 2.71 bits per heavy atom. The number of methoxy groups -OCH3 is 1. The van der Waals surface area contributed by atoms with Gasteiger partial charge < -0.3 is 14.6 Å². The van der Waals surface area contributed by atoms with Gasteiger partial charge in [-0.05, 0) is 36.4 Å². The molecule has 0 aliphatic carbocycles. The Kier molecular flexibility index (Phi) is 3.60. The number of aromatic nitrogens is 1. The third-order valence-corrected chi connectivity index (χ3v) is 3.35. The molecule has 0 fully saturated rings. The number of anilines is 1. The molecule has 4 nitrogen and oxygen atoms in total. The van der Waals surface area contributed by atoms with Gasteiger partial charge in [0, 0.05) is 22.8 Å². The van der Waals surface area contributed by atoms with Gasteiger partial charge in [0.25, 0.3) is 0 Å². The van der Waals surface area contributed by atoms with E-state index in [2.05, 4.69) is 5.32 Å². The standard InChI is InChI=1S/C17H16N2O2/c1-21-15-7-8-16-13(11-15)9-10-19(16)12-17(20)18-14-5-3-2-4-6-14/h2-11H,12H2,1H3,(H,18,20). The van der Waals surface area contributed by atoms with Crippen LogP contribution >= 0.6 is 0 Å². The van der Waals surface area contributed by atoms with E-state index >= 15 is 0 Å². The van der Waals surface area contributed by atoms with Gasteiger partial charge in [-0.25, -0.2) is 0 Å². The second-order valence-electron chi connectivity index (χ2n) is 4.78. The summed E-state index contributed by atoms with van der Waals surface area (Å²) in [5.74, 6) is 0.767. The molecule has 1 N–H and O–H groups in total. The number of ether oxygens (including phenoxy) is 1. The summed E-state index contributed by atoms with van der Waals surface area (Å²) in [6.07, 6.45) is 1.91. The second-order valence-corrected chi connectivity index (χ2v) is 4.78. The van der Waals surface area contributed by atoms with Gasteiger partial charge in [-0.1, -0.05) is 18.2 Å². The molecule has 21 heavy (non-hydrogen) atoms. The number of hydrogen-bond donors (Lipinski definition) is 1. The van der Waals surface area contributed by atoms with Gasteiger partial charge in [0.2, 0.25) is 5.91 Å². The van der Waals surface area contributed by atoms with Crippen LogP contribution in [-0.2, 0) is 11.3 Å². The van der Waals surface area contributed by atoms with Crippen LogP contribution in [0.3, 0.4) is 0 Å². The molecule has 2 aromatic carbocycles. The van der Waals surface area contributed by atoms with Crippen molar-refractivity contribution in [2.24, 2.45) is 0 Å². The van der Waals surface area contributed by atoms with Crippen LogP contribution in [0.2, 0.25) is 0 Å². The summed E-state index contributed by atoms with van der Waals surface area (Å²) in [5, 5.41) is 3.94. The molecule has 0 atom stereocenters. The highest BCUT2D eigenvalue weighted by Gasteiger charge is 2.07. The molecule has 0 bridgehead atoms. The Balaban J connectivity index is 1.77. The molecule has 4 heteroatoms. The summed E-state index contributed by atoms with van der Waals surface area (Å²) in [5.41, 5.74) is 1.82.